The van der Waals surface area contributed by atoms with Gasteiger partial charge in [-0.25, -0.2) is 4.79 Å². The van der Waals surface area contributed by atoms with Crippen molar-refractivity contribution in [2.75, 3.05) is 6.79 Å². The third kappa shape index (κ3) is 3.27. The van der Waals surface area contributed by atoms with Crippen LogP contribution in [0.1, 0.15) is 10.4 Å². The molecule has 0 radical (unpaired) electrons. The van der Waals surface area contributed by atoms with E-state index in [4.69, 9.17) is 0 Å². The standard InChI is InChI=1S/C11H10O4/c1-2-14-8-15-11(13)10(12)9-6-4-3-5-7-9/h2-7H,1,8H2. The molecule has 0 N–H and O–H groups in total. The number of rotatable bonds is 5. The van der Waals surface area contributed by atoms with Gasteiger partial charge in [0.25, 0.3) is 5.78 Å². The fraction of sp³-hybridized carbons (Fsp3) is 0.0909. The molecule has 1 aromatic rings. The van der Waals surface area contributed by atoms with Gasteiger partial charge in [0.05, 0.1) is 6.26 Å². The van der Waals surface area contributed by atoms with Gasteiger partial charge in [-0.3, -0.25) is 4.79 Å². The van der Waals surface area contributed by atoms with E-state index in [2.05, 4.69) is 16.1 Å². The van der Waals surface area contributed by atoms with Crippen LogP contribution < -0.4 is 0 Å². The zero-order valence-electron chi connectivity index (χ0n) is 8.01. The second-order valence-corrected chi connectivity index (χ2v) is 2.58. The van der Waals surface area contributed by atoms with E-state index in [0.29, 0.717) is 5.56 Å². The Hall–Kier alpha value is -2.10. The van der Waals surface area contributed by atoms with Crippen LogP contribution in [0.25, 0.3) is 0 Å². The summed E-state index contributed by atoms with van der Waals surface area (Å²) in [4.78, 5) is 22.5. The van der Waals surface area contributed by atoms with E-state index in [1.165, 1.54) is 12.1 Å². The summed E-state index contributed by atoms with van der Waals surface area (Å²) in [7, 11) is 0. The van der Waals surface area contributed by atoms with E-state index >= 15 is 0 Å². The van der Waals surface area contributed by atoms with Crippen molar-refractivity contribution in [1.29, 1.82) is 0 Å². The minimum absolute atomic E-state index is 0.293. The Morgan fingerprint density at radius 3 is 2.53 bits per heavy atom. The summed E-state index contributed by atoms with van der Waals surface area (Å²) in [6, 6.07) is 8.17. The highest BCUT2D eigenvalue weighted by Crippen LogP contribution is 2.01. The molecule has 0 spiro atoms. The SMILES string of the molecule is C=COCOC(=O)C(=O)c1ccccc1. The molecule has 0 aliphatic carbocycles. The molecule has 15 heavy (non-hydrogen) atoms. The van der Waals surface area contributed by atoms with Crippen LogP contribution in [0.4, 0.5) is 0 Å². The largest absolute Gasteiger partial charge is 0.466 e. The number of ether oxygens (including phenoxy) is 2. The molecule has 1 rings (SSSR count). The molecule has 0 heterocycles. The van der Waals surface area contributed by atoms with Crippen molar-refractivity contribution in [3.8, 4) is 0 Å². The molecule has 0 saturated heterocycles. The minimum Gasteiger partial charge on any atom is -0.466 e. The Morgan fingerprint density at radius 1 is 1.27 bits per heavy atom. The fourth-order valence-corrected chi connectivity index (χ4v) is 0.909. The zero-order valence-corrected chi connectivity index (χ0v) is 8.01. The lowest BCUT2D eigenvalue weighted by Crippen LogP contribution is -2.18. The highest BCUT2D eigenvalue weighted by atomic mass is 16.7. The van der Waals surface area contributed by atoms with E-state index in [1.54, 1.807) is 18.2 Å². The molecule has 4 heteroatoms. The quantitative estimate of drug-likeness (QED) is 0.183. The maximum atomic E-state index is 11.4. The number of hydrogen-bond acceptors (Lipinski definition) is 4. The van der Waals surface area contributed by atoms with E-state index < -0.39 is 11.8 Å². The van der Waals surface area contributed by atoms with E-state index in [1.807, 2.05) is 0 Å². The predicted octanol–water partition coefficient (Wildman–Crippen LogP) is 1.53. The van der Waals surface area contributed by atoms with Crippen molar-refractivity contribution in [3.05, 3.63) is 48.7 Å². The molecule has 78 valence electrons. The molecule has 0 amide bonds. The molecule has 0 saturated carbocycles. The summed E-state index contributed by atoms with van der Waals surface area (Å²) in [5.74, 6) is -1.63. The smallest absolute Gasteiger partial charge is 0.382 e. The Morgan fingerprint density at radius 2 is 1.93 bits per heavy atom. The van der Waals surface area contributed by atoms with Crippen LogP contribution in [0, 0.1) is 0 Å². The zero-order chi connectivity index (χ0) is 11.1. The fourth-order valence-electron chi connectivity index (χ4n) is 0.909. The first-order valence-corrected chi connectivity index (χ1v) is 4.24. The highest BCUT2D eigenvalue weighted by Gasteiger charge is 2.16. The van der Waals surface area contributed by atoms with Crippen LogP contribution in [-0.4, -0.2) is 18.5 Å². The molecule has 0 fully saturated rings. The Labute approximate surface area is 87.1 Å². The molecule has 0 bridgehead atoms. The third-order valence-electron chi connectivity index (χ3n) is 1.60. The van der Waals surface area contributed by atoms with Crippen LogP contribution in [0.2, 0.25) is 0 Å². The molecule has 0 aliphatic heterocycles. The lowest BCUT2D eigenvalue weighted by molar-refractivity contribution is -0.146. The van der Waals surface area contributed by atoms with Gasteiger partial charge in [0.15, 0.2) is 0 Å². The molecular weight excluding hydrogens is 196 g/mol. The minimum atomic E-state index is -0.942. The number of carbonyl (C=O) groups is 2. The first-order valence-electron chi connectivity index (χ1n) is 4.24. The van der Waals surface area contributed by atoms with Gasteiger partial charge in [0, 0.05) is 5.56 Å². The number of hydrogen-bond donors (Lipinski definition) is 0. The summed E-state index contributed by atoms with van der Waals surface area (Å²) in [6.45, 7) is 2.96. The number of ketones is 1. The maximum Gasteiger partial charge on any atom is 0.382 e. The van der Waals surface area contributed by atoms with Crippen molar-refractivity contribution in [3.63, 3.8) is 0 Å². The first kappa shape index (κ1) is 11.0. The van der Waals surface area contributed by atoms with Crippen LogP contribution >= 0.6 is 0 Å². The van der Waals surface area contributed by atoms with Crippen LogP contribution in [-0.2, 0) is 14.3 Å². The average molecular weight is 206 g/mol. The Kier molecular flexibility index (Phi) is 4.09. The van der Waals surface area contributed by atoms with E-state index in [-0.39, 0.29) is 6.79 Å². The first-order chi connectivity index (χ1) is 7.25. The monoisotopic (exact) mass is 206 g/mol. The summed E-state index contributed by atoms with van der Waals surface area (Å²) >= 11 is 0. The molecule has 1 aromatic carbocycles. The molecule has 0 aliphatic rings. The summed E-state index contributed by atoms with van der Waals surface area (Å²) in [6.07, 6.45) is 1.13. The second kappa shape index (κ2) is 5.59. The summed E-state index contributed by atoms with van der Waals surface area (Å²) in [5.41, 5.74) is 0.293. The molecule has 0 unspecified atom stereocenters. The summed E-state index contributed by atoms with van der Waals surface area (Å²) in [5, 5.41) is 0. The van der Waals surface area contributed by atoms with Gasteiger partial charge in [0.1, 0.15) is 0 Å². The third-order valence-corrected chi connectivity index (χ3v) is 1.60. The van der Waals surface area contributed by atoms with Gasteiger partial charge in [-0.05, 0) is 0 Å². The van der Waals surface area contributed by atoms with Crippen molar-refractivity contribution in [2.45, 2.75) is 0 Å². The lowest BCUT2D eigenvalue weighted by atomic mass is 10.1. The molecule has 0 aromatic heterocycles. The second-order valence-electron chi connectivity index (χ2n) is 2.58. The lowest BCUT2D eigenvalue weighted by Gasteiger charge is -2.02. The van der Waals surface area contributed by atoms with E-state index in [9.17, 15) is 9.59 Å². The number of benzene rings is 1. The van der Waals surface area contributed by atoms with Gasteiger partial charge in [-0.15, -0.1) is 0 Å². The van der Waals surface area contributed by atoms with Crippen LogP contribution in [0.15, 0.2) is 43.2 Å². The highest BCUT2D eigenvalue weighted by molar-refractivity contribution is 6.40. The molecule has 4 nitrogen and oxygen atoms in total. The van der Waals surface area contributed by atoms with Crippen LogP contribution in [0.5, 0.6) is 0 Å². The Bertz CT molecular complexity index is 356. The van der Waals surface area contributed by atoms with Gasteiger partial charge in [-0.1, -0.05) is 36.9 Å². The molecular formula is C11H10O4. The number of carbonyl (C=O) groups excluding carboxylic acids is 2. The molecule has 0 atom stereocenters. The van der Waals surface area contributed by atoms with Crippen molar-refractivity contribution in [2.24, 2.45) is 0 Å². The van der Waals surface area contributed by atoms with Crippen molar-refractivity contribution in [1.82, 2.24) is 0 Å². The van der Waals surface area contributed by atoms with Crippen molar-refractivity contribution < 1.29 is 19.1 Å². The topological polar surface area (TPSA) is 52.6 Å². The van der Waals surface area contributed by atoms with Crippen LogP contribution in [0.3, 0.4) is 0 Å². The van der Waals surface area contributed by atoms with Crippen molar-refractivity contribution >= 4 is 11.8 Å². The Balaban J connectivity index is 2.54. The summed E-state index contributed by atoms with van der Waals surface area (Å²) < 4.78 is 9.08. The normalized spacial score (nSPS) is 9.07. The average Bonchev–Trinajstić information content (AvgIpc) is 2.29. The van der Waals surface area contributed by atoms with Gasteiger partial charge in [-0.2, -0.15) is 0 Å². The maximum absolute atomic E-state index is 11.4. The van der Waals surface area contributed by atoms with Gasteiger partial charge < -0.3 is 9.47 Å². The van der Waals surface area contributed by atoms with Gasteiger partial charge >= 0.3 is 5.97 Å². The number of Topliss-reactive ketones (excluding diaryl/α,β-unsaturated/α-hetero) is 1. The van der Waals surface area contributed by atoms with E-state index in [0.717, 1.165) is 6.26 Å². The van der Waals surface area contributed by atoms with Gasteiger partial charge in [0.2, 0.25) is 6.79 Å². The number of esters is 1. The predicted molar refractivity (Wildman–Crippen MR) is 53.0 cm³/mol.